The van der Waals surface area contributed by atoms with Gasteiger partial charge >= 0.3 is 0 Å². The van der Waals surface area contributed by atoms with E-state index in [9.17, 15) is 0 Å². The van der Waals surface area contributed by atoms with E-state index in [-0.39, 0.29) is 5.41 Å². The first-order chi connectivity index (χ1) is 16.1. The molecule has 156 valence electrons. The van der Waals surface area contributed by atoms with E-state index < -0.39 is 0 Å². The summed E-state index contributed by atoms with van der Waals surface area (Å²) in [6.45, 7) is 4.68. The summed E-state index contributed by atoms with van der Waals surface area (Å²) in [5.74, 6) is 0. The van der Waals surface area contributed by atoms with Crippen molar-refractivity contribution in [3.05, 3.63) is 114 Å². The average molecular weight is 422 g/mol. The summed E-state index contributed by atoms with van der Waals surface area (Å²) >= 11 is 0. The molecule has 0 amide bonds. The number of rotatable bonds is 1. The van der Waals surface area contributed by atoms with Gasteiger partial charge in [0.05, 0.1) is 5.69 Å². The van der Waals surface area contributed by atoms with Gasteiger partial charge in [0.1, 0.15) is 0 Å². The molecule has 0 bridgehead atoms. The summed E-state index contributed by atoms with van der Waals surface area (Å²) < 4.78 is 0. The lowest BCUT2D eigenvalue weighted by Gasteiger charge is -2.24. The molecule has 0 fully saturated rings. The quantitative estimate of drug-likeness (QED) is 0.242. The van der Waals surface area contributed by atoms with Crippen LogP contribution in [-0.2, 0) is 5.41 Å². The van der Waals surface area contributed by atoms with Crippen molar-refractivity contribution in [2.24, 2.45) is 0 Å². The Balaban J connectivity index is 1.48. The molecule has 0 unspecified atom stereocenters. The normalized spacial score (nSPS) is 14.0. The highest BCUT2D eigenvalue weighted by molar-refractivity contribution is 6.08. The van der Waals surface area contributed by atoms with Crippen LogP contribution in [0, 0.1) is 0 Å². The molecule has 1 aliphatic carbocycles. The number of hydrogen-bond donors (Lipinski definition) is 0. The van der Waals surface area contributed by atoms with E-state index in [1.807, 2.05) is 6.20 Å². The number of aromatic nitrogens is 1. The molecule has 0 saturated carbocycles. The molecular weight excluding hydrogens is 398 g/mol. The van der Waals surface area contributed by atoms with Gasteiger partial charge in [-0.05, 0) is 78.8 Å². The summed E-state index contributed by atoms with van der Waals surface area (Å²) in [5, 5.41) is 7.70. The van der Waals surface area contributed by atoms with Crippen LogP contribution in [0.15, 0.2) is 103 Å². The molecule has 0 atom stereocenters. The first-order valence-electron chi connectivity index (χ1n) is 11.6. The second kappa shape index (κ2) is 6.52. The van der Waals surface area contributed by atoms with Crippen molar-refractivity contribution in [3.8, 4) is 22.4 Å². The summed E-state index contributed by atoms with van der Waals surface area (Å²) in [7, 11) is 0. The van der Waals surface area contributed by atoms with Crippen LogP contribution in [0.3, 0.4) is 0 Å². The molecule has 0 N–H and O–H groups in total. The molecule has 6 aromatic rings. The number of hydrogen-bond acceptors (Lipinski definition) is 1. The third-order valence-corrected chi connectivity index (χ3v) is 7.44. The highest BCUT2D eigenvalue weighted by Crippen LogP contribution is 2.52. The van der Waals surface area contributed by atoms with E-state index in [1.165, 1.54) is 60.1 Å². The van der Waals surface area contributed by atoms with Crippen LogP contribution in [0.25, 0.3) is 54.7 Å². The zero-order valence-corrected chi connectivity index (χ0v) is 18.8. The van der Waals surface area contributed by atoms with E-state index in [1.54, 1.807) is 0 Å². The monoisotopic (exact) mass is 421 g/mol. The second-order valence-electron chi connectivity index (χ2n) is 9.67. The van der Waals surface area contributed by atoms with Gasteiger partial charge in [-0.15, -0.1) is 0 Å². The largest absolute Gasteiger partial charge is 0.256 e. The van der Waals surface area contributed by atoms with Gasteiger partial charge in [-0.2, -0.15) is 0 Å². The van der Waals surface area contributed by atoms with Crippen molar-refractivity contribution in [2.75, 3.05) is 0 Å². The van der Waals surface area contributed by atoms with E-state index in [4.69, 9.17) is 4.98 Å². The lowest BCUT2D eigenvalue weighted by Crippen LogP contribution is -2.16. The van der Waals surface area contributed by atoms with Crippen LogP contribution in [0.5, 0.6) is 0 Å². The Bertz CT molecular complexity index is 1740. The predicted molar refractivity (Wildman–Crippen MR) is 140 cm³/mol. The maximum absolute atomic E-state index is 4.94. The van der Waals surface area contributed by atoms with Gasteiger partial charge < -0.3 is 0 Å². The molecule has 1 aromatic heterocycles. The molecule has 5 aromatic carbocycles. The van der Waals surface area contributed by atoms with Crippen molar-refractivity contribution in [1.82, 2.24) is 4.98 Å². The number of pyridine rings is 1. The fraction of sp³-hybridized carbons (Fsp3) is 0.0938. The number of benzene rings is 5. The Morgan fingerprint density at radius 2 is 1.27 bits per heavy atom. The Morgan fingerprint density at radius 3 is 2.12 bits per heavy atom. The first kappa shape index (κ1) is 18.6. The van der Waals surface area contributed by atoms with E-state index in [0.29, 0.717) is 0 Å². The number of nitrogens with zero attached hydrogens (tertiary/aromatic N) is 1. The smallest absolute Gasteiger partial charge is 0.0749 e. The Kier molecular flexibility index (Phi) is 3.67. The summed E-state index contributed by atoms with van der Waals surface area (Å²) in [5.41, 5.74) is 7.52. The molecule has 7 rings (SSSR count). The first-order valence-corrected chi connectivity index (χ1v) is 11.6. The van der Waals surface area contributed by atoms with Gasteiger partial charge in [-0.25, -0.2) is 0 Å². The van der Waals surface area contributed by atoms with Crippen LogP contribution < -0.4 is 0 Å². The lowest BCUT2D eigenvalue weighted by atomic mass is 9.80. The fourth-order valence-electron chi connectivity index (χ4n) is 5.81. The third kappa shape index (κ3) is 2.57. The lowest BCUT2D eigenvalue weighted by molar-refractivity contribution is 0.660. The Hall–Kier alpha value is -3.97. The van der Waals surface area contributed by atoms with Crippen molar-refractivity contribution < 1.29 is 0 Å². The van der Waals surface area contributed by atoms with Crippen molar-refractivity contribution in [2.45, 2.75) is 19.3 Å². The molecule has 1 aliphatic rings. The minimum atomic E-state index is -0.114. The average Bonchev–Trinajstić information content (AvgIpc) is 3.08. The van der Waals surface area contributed by atoms with Gasteiger partial charge in [0, 0.05) is 17.2 Å². The molecule has 0 spiro atoms. The maximum atomic E-state index is 4.94. The van der Waals surface area contributed by atoms with Crippen LogP contribution >= 0.6 is 0 Å². The molecule has 1 heteroatoms. The van der Waals surface area contributed by atoms with Crippen LogP contribution in [-0.4, -0.2) is 4.98 Å². The minimum Gasteiger partial charge on any atom is -0.256 e. The Labute approximate surface area is 193 Å². The molecule has 0 saturated heterocycles. The van der Waals surface area contributed by atoms with Crippen LogP contribution in [0.2, 0.25) is 0 Å². The summed E-state index contributed by atoms with van der Waals surface area (Å²) in [6.07, 6.45) is 1.97. The number of fused-ring (bicyclic) bond motifs is 7. The third-order valence-electron chi connectivity index (χ3n) is 7.44. The Morgan fingerprint density at radius 1 is 0.576 bits per heavy atom. The zero-order valence-electron chi connectivity index (χ0n) is 18.8. The van der Waals surface area contributed by atoms with Gasteiger partial charge in [0.2, 0.25) is 0 Å². The second-order valence-corrected chi connectivity index (χ2v) is 9.67. The van der Waals surface area contributed by atoms with E-state index >= 15 is 0 Å². The molecule has 33 heavy (non-hydrogen) atoms. The van der Waals surface area contributed by atoms with Gasteiger partial charge in [0.25, 0.3) is 0 Å². The van der Waals surface area contributed by atoms with Crippen molar-refractivity contribution in [1.29, 1.82) is 0 Å². The SMILES string of the molecule is CC1(C)c2cc3ccccc3cc2-c2ccnc(-c3ccc4c(ccc5ccccc54)c3)c21. The maximum Gasteiger partial charge on any atom is 0.0749 e. The zero-order chi connectivity index (χ0) is 22.2. The summed E-state index contributed by atoms with van der Waals surface area (Å²) in [4.78, 5) is 4.94. The molecular formula is C32H23N. The van der Waals surface area contributed by atoms with E-state index in [2.05, 4.69) is 111 Å². The minimum absolute atomic E-state index is 0.114. The highest BCUT2D eigenvalue weighted by atomic mass is 14.7. The molecule has 1 nitrogen and oxygen atoms in total. The predicted octanol–water partition coefficient (Wildman–Crippen LogP) is 8.51. The van der Waals surface area contributed by atoms with Gasteiger partial charge in [-0.1, -0.05) is 86.6 Å². The topological polar surface area (TPSA) is 12.9 Å². The molecule has 0 aliphatic heterocycles. The van der Waals surface area contributed by atoms with Gasteiger partial charge in [-0.3, -0.25) is 4.98 Å². The van der Waals surface area contributed by atoms with Crippen molar-refractivity contribution in [3.63, 3.8) is 0 Å². The highest BCUT2D eigenvalue weighted by Gasteiger charge is 2.38. The fourth-order valence-corrected chi connectivity index (χ4v) is 5.81. The van der Waals surface area contributed by atoms with Crippen molar-refractivity contribution >= 4 is 32.3 Å². The summed E-state index contributed by atoms with van der Waals surface area (Å²) in [6, 6.07) is 35.4. The molecule has 1 heterocycles. The van der Waals surface area contributed by atoms with Crippen LogP contribution in [0.1, 0.15) is 25.0 Å². The standard InChI is InChI=1S/C32H23N/c1-32(2)29-19-22-9-4-3-8-21(22)18-28(29)27-15-16-33-31(30(27)32)24-13-14-26-23(17-24)12-11-20-7-5-6-10-25(20)26/h3-19H,1-2H3. The van der Waals surface area contributed by atoms with Gasteiger partial charge in [0.15, 0.2) is 0 Å². The van der Waals surface area contributed by atoms with E-state index in [0.717, 1.165) is 5.69 Å². The van der Waals surface area contributed by atoms with Crippen LogP contribution in [0.4, 0.5) is 0 Å². The molecule has 0 radical (unpaired) electrons.